The SMILES string of the molecule is CCCCCCCCC(C)CC(C)[O]. The third-order valence-electron chi connectivity index (χ3n) is 2.78. The molecule has 1 nitrogen and oxygen atoms in total. The third-order valence-corrected chi connectivity index (χ3v) is 2.78. The Morgan fingerprint density at radius 1 is 0.929 bits per heavy atom. The van der Waals surface area contributed by atoms with Crippen molar-refractivity contribution in [1.82, 2.24) is 0 Å². The van der Waals surface area contributed by atoms with Gasteiger partial charge in [-0.25, -0.2) is 5.11 Å². The maximum Gasteiger partial charge on any atom is 0.0904 e. The number of hydrogen-bond donors (Lipinski definition) is 0. The summed E-state index contributed by atoms with van der Waals surface area (Å²) in [5.41, 5.74) is 0. The van der Waals surface area contributed by atoms with Gasteiger partial charge in [0.1, 0.15) is 0 Å². The fourth-order valence-electron chi connectivity index (χ4n) is 1.96. The number of unbranched alkanes of at least 4 members (excludes halogenated alkanes) is 5. The highest BCUT2D eigenvalue weighted by Gasteiger charge is 2.06. The standard InChI is InChI=1S/C13H27O/c1-4-5-6-7-8-9-10-12(2)11-13(3)14/h12-13H,4-11H2,1-3H3. The van der Waals surface area contributed by atoms with Gasteiger partial charge in [-0.1, -0.05) is 58.8 Å². The van der Waals surface area contributed by atoms with E-state index in [1.165, 1.54) is 44.9 Å². The zero-order valence-corrected chi connectivity index (χ0v) is 10.2. The van der Waals surface area contributed by atoms with Crippen molar-refractivity contribution in [2.45, 2.75) is 78.2 Å². The lowest BCUT2D eigenvalue weighted by molar-refractivity contribution is 0.0823. The highest BCUT2D eigenvalue weighted by atomic mass is 16.3. The third kappa shape index (κ3) is 10.0. The van der Waals surface area contributed by atoms with Crippen LogP contribution in [-0.4, -0.2) is 6.10 Å². The molecule has 14 heavy (non-hydrogen) atoms. The maximum absolute atomic E-state index is 10.9. The second-order valence-corrected chi connectivity index (χ2v) is 4.71. The van der Waals surface area contributed by atoms with Crippen LogP contribution in [0, 0.1) is 5.92 Å². The molecule has 0 amide bonds. The topological polar surface area (TPSA) is 19.9 Å². The van der Waals surface area contributed by atoms with E-state index in [1.807, 2.05) is 0 Å². The molecule has 0 fully saturated rings. The summed E-state index contributed by atoms with van der Waals surface area (Å²) in [6, 6.07) is 0. The molecular formula is C13H27O. The molecule has 0 rings (SSSR count). The van der Waals surface area contributed by atoms with Crippen molar-refractivity contribution >= 4 is 0 Å². The largest absolute Gasteiger partial charge is 0.233 e. The minimum Gasteiger partial charge on any atom is -0.233 e. The summed E-state index contributed by atoms with van der Waals surface area (Å²) in [7, 11) is 0. The number of rotatable bonds is 9. The molecule has 0 aromatic rings. The van der Waals surface area contributed by atoms with Gasteiger partial charge in [-0.2, -0.15) is 0 Å². The fourth-order valence-corrected chi connectivity index (χ4v) is 1.96. The van der Waals surface area contributed by atoms with Gasteiger partial charge in [0.15, 0.2) is 0 Å². The smallest absolute Gasteiger partial charge is 0.0904 e. The average Bonchev–Trinajstić information content (AvgIpc) is 2.10. The Morgan fingerprint density at radius 2 is 1.50 bits per heavy atom. The zero-order chi connectivity index (χ0) is 10.8. The van der Waals surface area contributed by atoms with Crippen LogP contribution in [0.4, 0.5) is 0 Å². The van der Waals surface area contributed by atoms with Crippen molar-refractivity contribution in [1.29, 1.82) is 0 Å². The molecule has 0 aliphatic heterocycles. The summed E-state index contributed by atoms with van der Waals surface area (Å²) in [5, 5.41) is 10.9. The van der Waals surface area contributed by atoms with Gasteiger partial charge in [0, 0.05) is 0 Å². The molecule has 0 aromatic heterocycles. The van der Waals surface area contributed by atoms with Crippen LogP contribution in [0.25, 0.3) is 0 Å². The van der Waals surface area contributed by atoms with Crippen LogP contribution >= 0.6 is 0 Å². The number of hydrogen-bond acceptors (Lipinski definition) is 0. The molecule has 85 valence electrons. The van der Waals surface area contributed by atoms with Gasteiger partial charge >= 0.3 is 0 Å². The molecule has 0 aromatic carbocycles. The van der Waals surface area contributed by atoms with Crippen LogP contribution in [0.5, 0.6) is 0 Å². The normalized spacial score (nSPS) is 15.4. The Kier molecular flexibility index (Phi) is 9.49. The van der Waals surface area contributed by atoms with Crippen LogP contribution in [-0.2, 0) is 5.11 Å². The minimum atomic E-state index is -0.370. The summed E-state index contributed by atoms with van der Waals surface area (Å²) in [5.74, 6) is 0.633. The monoisotopic (exact) mass is 199 g/mol. The van der Waals surface area contributed by atoms with Crippen LogP contribution in [0.1, 0.15) is 72.1 Å². The van der Waals surface area contributed by atoms with Crippen molar-refractivity contribution in [3.63, 3.8) is 0 Å². The predicted molar refractivity (Wildman–Crippen MR) is 61.9 cm³/mol. The first-order chi connectivity index (χ1) is 6.66. The molecule has 2 unspecified atom stereocenters. The van der Waals surface area contributed by atoms with Crippen LogP contribution in [0.2, 0.25) is 0 Å². The van der Waals surface area contributed by atoms with Gasteiger partial charge in [0.2, 0.25) is 0 Å². The van der Waals surface area contributed by atoms with E-state index in [2.05, 4.69) is 13.8 Å². The van der Waals surface area contributed by atoms with Crippen LogP contribution in [0.3, 0.4) is 0 Å². The summed E-state index contributed by atoms with van der Waals surface area (Å²) in [6.45, 7) is 6.23. The van der Waals surface area contributed by atoms with E-state index < -0.39 is 0 Å². The lowest BCUT2D eigenvalue weighted by Gasteiger charge is -2.11. The van der Waals surface area contributed by atoms with E-state index in [0.717, 1.165) is 6.42 Å². The molecule has 0 spiro atoms. The summed E-state index contributed by atoms with van der Waals surface area (Å²) >= 11 is 0. The highest BCUT2D eigenvalue weighted by molar-refractivity contribution is 4.57. The predicted octanol–water partition coefficient (Wildman–Crippen LogP) is 4.58. The molecule has 0 bridgehead atoms. The second-order valence-electron chi connectivity index (χ2n) is 4.71. The van der Waals surface area contributed by atoms with E-state index >= 15 is 0 Å². The van der Waals surface area contributed by atoms with Crippen molar-refractivity contribution in [3.8, 4) is 0 Å². The molecular weight excluding hydrogens is 172 g/mol. The quantitative estimate of drug-likeness (QED) is 0.484. The van der Waals surface area contributed by atoms with E-state index in [9.17, 15) is 5.11 Å². The Bertz CT molecular complexity index is 110. The van der Waals surface area contributed by atoms with Gasteiger partial charge in [-0.3, -0.25) is 0 Å². The van der Waals surface area contributed by atoms with Crippen LogP contribution in [0.15, 0.2) is 0 Å². The molecule has 2 atom stereocenters. The van der Waals surface area contributed by atoms with E-state index in [0.29, 0.717) is 5.92 Å². The highest BCUT2D eigenvalue weighted by Crippen LogP contribution is 2.16. The molecule has 0 saturated heterocycles. The fraction of sp³-hybridized carbons (Fsp3) is 1.00. The lowest BCUT2D eigenvalue weighted by atomic mass is 9.97. The van der Waals surface area contributed by atoms with Crippen molar-refractivity contribution < 1.29 is 5.11 Å². The molecule has 0 aliphatic carbocycles. The maximum atomic E-state index is 10.9. The summed E-state index contributed by atoms with van der Waals surface area (Å²) in [6.07, 6.45) is 9.89. The molecule has 0 aliphatic rings. The second kappa shape index (κ2) is 9.51. The lowest BCUT2D eigenvalue weighted by Crippen LogP contribution is -2.05. The van der Waals surface area contributed by atoms with Crippen molar-refractivity contribution in [3.05, 3.63) is 0 Å². The van der Waals surface area contributed by atoms with Crippen molar-refractivity contribution in [2.75, 3.05) is 0 Å². The van der Waals surface area contributed by atoms with Gasteiger partial charge < -0.3 is 0 Å². The van der Waals surface area contributed by atoms with Gasteiger partial charge in [-0.15, -0.1) is 0 Å². The Hall–Kier alpha value is -0.0400. The summed E-state index contributed by atoms with van der Waals surface area (Å²) in [4.78, 5) is 0. The molecule has 0 N–H and O–H groups in total. The van der Waals surface area contributed by atoms with E-state index in [4.69, 9.17) is 0 Å². The molecule has 0 saturated carbocycles. The molecule has 0 heterocycles. The van der Waals surface area contributed by atoms with E-state index in [1.54, 1.807) is 6.92 Å². The van der Waals surface area contributed by atoms with E-state index in [-0.39, 0.29) is 6.10 Å². The first-order valence-corrected chi connectivity index (χ1v) is 6.32. The van der Waals surface area contributed by atoms with Gasteiger partial charge in [0.25, 0.3) is 0 Å². The first-order valence-electron chi connectivity index (χ1n) is 6.32. The first kappa shape index (κ1) is 14.0. The minimum absolute atomic E-state index is 0.370. The summed E-state index contributed by atoms with van der Waals surface area (Å²) < 4.78 is 0. The average molecular weight is 199 g/mol. The Labute approximate surface area is 89.9 Å². The molecule has 1 radical (unpaired) electrons. The molecule has 1 heteroatoms. The Morgan fingerprint density at radius 3 is 2.07 bits per heavy atom. The zero-order valence-electron chi connectivity index (χ0n) is 10.2. The van der Waals surface area contributed by atoms with Gasteiger partial charge in [0.05, 0.1) is 6.10 Å². The van der Waals surface area contributed by atoms with Crippen LogP contribution < -0.4 is 0 Å². The van der Waals surface area contributed by atoms with Crippen molar-refractivity contribution in [2.24, 2.45) is 5.92 Å². The Balaban J connectivity index is 3.10. The van der Waals surface area contributed by atoms with Gasteiger partial charge in [-0.05, 0) is 19.3 Å².